The van der Waals surface area contributed by atoms with Crippen LogP contribution in [-0.2, 0) is 23.8 Å². The summed E-state index contributed by atoms with van der Waals surface area (Å²) >= 11 is 0. The smallest absolute Gasteiger partial charge is 0.407 e. The highest BCUT2D eigenvalue weighted by atomic mass is 16.5. The second-order valence-corrected chi connectivity index (χ2v) is 22.7. The van der Waals surface area contributed by atoms with Crippen molar-refractivity contribution in [3.05, 3.63) is 114 Å². The second-order valence-electron chi connectivity index (χ2n) is 22.7. The normalized spacial score (nSPS) is 12.4. The Morgan fingerprint density at radius 3 is 1.40 bits per heavy atom. The number of ether oxygens (including phenoxy) is 4. The van der Waals surface area contributed by atoms with Gasteiger partial charge in [-0.3, -0.25) is 14.4 Å². The highest BCUT2D eigenvalue weighted by Crippen LogP contribution is 2.44. The van der Waals surface area contributed by atoms with Gasteiger partial charge in [0.05, 0.1) is 13.5 Å². The number of carbonyl (C=O) groups excluding carboxylic acids is 4. The van der Waals surface area contributed by atoms with Crippen molar-refractivity contribution in [2.75, 3.05) is 66.3 Å². The van der Waals surface area contributed by atoms with Crippen LogP contribution in [0.15, 0.2) is 97.1 Å². The molecule has 0 spiro atoms. The lowest BCUT2D eigenvalue weighted by atomic mass is 9.98. The van der Waals surface area contributed by atoms with Gasteiger partial charge in [0, 0.05) is 64.1 Å². The van der Waals surface area contributed by atoms with Crippen molar-refractivity contribution >= 4 is 23.8 Å². The van der Waals surface area contributed by atoms with Crippen LogP contribution in [0, 0.1) is 0 Å². The Morgan fingerprint density at radius 1 is 0.506 bits per heavy atom. The molecule has 4 rings (SSSR count). The van der Waals surface area contributed by atoms with Gasteiger partial charge in [-0.15, -0.1) is 0 Å². The molecule has 83 heavy (non-hydrogen) atoms. The van der Waals surface area contributed by atoms with Gasteiger partial charge in [-0.05, 0) is 124 Å². The molecular weight excluding hydrogens is 1040 g/mol. The molecule has 0 heterocycles. The van der Waals surface area contributed by atoms with E-state index in [4.69, 9.17) is 18.9 Å². The zero-order valence-corrected chi connectivity index (χ0v) is 51.9. The Morgan fingerprint density at radius 2 is 0.928 bits per heavy atom. The molecule has 0 bridgehead atoms. The minimum absolute atomic E-state index is 0.0557. The molecule has 462 valence electrons. The number of benzene rings is 3. The lowest BCUT2D eigenvalue weighted by molar-refractivity contribution is -0.135. The van der Waals surface area contributed by atoms with Gasteiger partial charge in [0.2, 0.25) is 11.8 Å². The molecule has 12 heteroatoms. The highest BCUT2D eigenvalue weighted by Gasteiger charge is 2.31. The highest BCUT2D eigenvalue weighted by molar-refractivity contribution is 5.94. The van der Waals surface area contributed by atoms with Crippen LogP contribution in [0.25, 0.3) is 11.1 Å². The van der Waals surface area contributed by atoms with Crippen molar-refractivity contribution in [2.24, 2.45) is 0 Å². The maximum absolute atomic E-state index is 14.4. The number of carbonyl (C=O) groups is 4. The van der Waals surface area contributed by atoms with Crippen LogP contribution in [0.3, 0.4) is 0 Å². The van der Waals surface area contributed by atoms with Crippen LogP contribution in [0.4, 0.5) is 4.79 Å². The van der Waals surface area contributed by atoms with Gasteiger partial charge in [0.25, 0.3) is 5.91 Å². The molecule has 0 aromatic heterocycles. The molecule has 0 saturated carbocycles. The van der Waals surface area contributed by atoms with Crippen molar-refractivity contribution in [3.8, 4) is 16.9 Å². The predicted molar refractivity (Wildman–Crippen MR) is 341 cm³/mol. The van der Waals surface area contributed by atoms with Gasteiger partial charge in [-0.25, -0.2) is 4.79 Å². The zero-order chi connectivity index (χ0) is 59.1. The number of hydrogen-bond donors (Lipinski definition) is 3. The summed E-state index contributed by atoms with van der Waals surface area (Å²) in [5, 5.41) is 8.41. The van der Waals surface area contributed by atoms with E-state index in [9.17, 15) is 19.2 Å². The van der Waals surface area contributed by atoms with Gasteiger partial charge in [0.1, 0.15) is 18.4 Å². The Balaban J connectivity index is 1.25. The largest absolute Gasteiger partial charge is 0.497 e. The van der Waals surface area contributed by atoms with Crippen LogP contribution in [0.5, 0.6) is 5.75 Å². The monoisotopic (exact) mass is 1150 g/mol. The van der Waals surface area contributed by atoms with Crippen LogP contribution >= 0.6 is 0 Å². The lowest BCUT2D eigenvalue weighted by Gasteiger charge is -2.26. The van der Waals surface area contributed by atoms with E-state index in [-0.39, 0.29) is 43.8 Å². The first-order valence-electron chi connectivity index (χ1n) is 32.9. The first-order chi connectivity index (χ1) is 40.9. The van der Waals surface area contributed by atoms with Crippen LogP contribution in [0.2, 0.25) is 0 Å². The fraction of sp³-hybridized carbons (Fsp3) is 0.634. The Kier molecular flexibility index (Phi) is 39.5. The molecular formula is C71H110N4O8. The average molecular weight is 1150 g/mol. The number of methoxy groups -OCH3 is 1. The van der Waals surface area contributed by atoms with Gasteiger partial charge < -0.3 is 39.8 Å². The fourth-order valence-electron chi connectivity index (χ4n) is 10.8. The lowest BCUT2D eigenvalue weighted by Crippen LogP contribution is -2.51. The molecule has 0 saturated heterocycles. The molecule has 3 aromatic carbocycles. The fourth-order valence-corrected chi connectivity index (χ4v) is 10.8. The minimum atomic E-state index is -1.23. The molecule has 1 aliphatic rings. The standard InChI is InChI=1S/C71H110N4O8/c1-4-6-8-10-12-14-16-18-20-22-24-26-28-30-32-38-54-81-56-40-52-75(53-41-57-82-55-39-33-31-29-27-25-23-21-19-17-15-13-11-9-7-5-2)68(76)58-67(70(78)73-51-50-72-69(77)60-46-48-61(80-3)49-47-60)74-71(79)83-59-66-64-44-36-34-42-62(64)63-43-35-37-45-65(63)66/h18-21,34-37,42-49,66-67H,4-17,22-33,38-41,50-59H2,1-3H3,(H,72,77)(H,73,78)(H,74,79)/b20-18-,21-19-/t67-/m1/s1. The Hall–Kier alpha value is -5.46. The number of unbranched alkanes of at least 4 members (excludes halogenated alkanes) is 24. The van der Waals surface area contributed by atoms with E-state index in [1.54, 1.807) is 36.3 Å². The summed E-state index contributed by atoms with van der Waals surface area (Å²) in [4.78, 5) is 56.7. The van der Waals surface area contributed by atoms with E-state index in [1.165, 1.54) is 154 Å². The number of fused-ring (bicyclic) bond motifs is 3. The summed E-state index contributed by atoms with van der Waals surface area (Å²) in [6.45, 7) is 8.09. The van der Waals surface area contributed by atoms with Crippen LogP contribution in [-0.4, -0.2) is 101 Å². The third kappa shape index (κ3) is 31.3. The van der Waals surface area contributed by atoms with Crippen molar-refractivity contribution in [1.82, 2.24) is 20.9 Å². The molecule has 0 radical (unpaired) electrons. The van der Waals surface area contributed by atoms with Crippen LogP contribution < -0.4 is 20.7 Å². The van der Waals surface area contributed by atoms with E-state index in [1.807, 2.05) is 36.4 Å². The molecule has 3 N–H and O–H groups in total. The number of nitrogens with one attached hydrogen (secondary N) is 3. The zero-order valence-electron chi connectivity index (χ0n) is 51.9. The number of hydrogen-bond acceptors (Lipinski definition) is 8. The molecule has 0 fully saturated rings. The summed E-state index contributed by atoms with van der Waals surface area (Å²) in [5.41, 5.74) is 4.79. The number of rotatable bonds is 51. The van der Waals surface area contributed by atoms with Gasteiger partial charge in [-0.1, -0.05) is 202 Å². The summed E-state index contributed by atoms with van der Waals surface area (Å²) < 4.78 is 23.2. The van der Waals surface area contributed by atoms with Crippen LogP contribution in [0.1, 0.15) is 240 Å². The molecule has 0 aliphatic heterocycles. The second kappa shape index (κ2) is 46.9. The van der Waals surface area contributed by atoms with E-state index in [2.05, 4.69) is 66.2 Å². The van der Waals surface area contributed by atoms with E-state index in [0.29, 0.717) is 63.7 Å². The third-order valence-corrected chi connectivity index (χ3v) is 15.8. The number of alkyl carbamates (subject to hydrolysis) is 1. The van der Waals surface area contributed by atoms with Crippen molar-refractivity contribution in [3.63, 3.8) is 0 Å². The maximum Gasteiger partial charge on any atom is 0.407 e. The first-order valence-corrected chi connectivity index (χ1v) is 32.9. The quantitative estimate of drug-likeness (QED) is 0.0374. The van der Waals surface area contributed by atoms with Gasteiger partial charge in [-0.2, -0.15) is 0 Å². The first kappa shape index (κ1) is 70.0. The molecule has 12 nitrogen and oxygen atoms in total. The summed E-state index contributed by atoms with van der Waals surface area (Å²) in [6, 6.07) is 21.7. The van der Waals surface area contributed by atoms with E-state index in [0.717, 1.165) is 47.9 Å². The molecule has 4 amide bonds. The number of amides is 4. The number of allylic oxidation sites excluding steroid dienone is 4. The van der Waals surface area contributed by atoms with Gasteiger partial charge in [0.15, 0.2) is 0 Å². The van der Waals surface area contributed by atoms with E-state index < -0.39 is 18.0 Å². The molecule has 1 atom stereocenters. The summed E-state index contributed by atoms with van der Waals surface area (Å²) in [7, 11) is 1.56. The van der Waals surface area contributed by atoms with Crippen molar-refractivity contribution < 1.29 is 38.1 Å². The topological polar surface area (TPSA) is 145 Å². The summed E-state index contributed by atoms with van der Waals surface area (Å²) in [6.07, 6.45) is 45.0. The average Bonchev–Trinajstić information content (AvgIpc) is 3.73. The Labute approximate surface area is 502 Å². The van der Waals surface area contributed by atoms with Gasteiger partial charge >= 0.3 is 6.09 Å². The summed E-state index contributed by atoms with van der Waals surface area (Å²) in [5.74, 6) is -0.667. The maximum atomic E-state index is 14.4. The Bertz CT molecular complexity index is 2140. The number of nitrogens with zero attached hydrogens (tertiary/aromatic N) is 1. The van der Waals surface area contributed by atoms with E-state index >= 15 is 0 Å². The molecule has 0 unspecified atom stereocenters. The minimum Gasteiger partial charge on any atom is -0.497 e. The molecule has 3 aromatic rings. The van der Waals surface area contributed by atoms with Crippen molar-refractivity contribution in [1.29, 1.82) is 0 Å². The molecule has 1 aliphatic carbocycles. The SMILES string of the molecule is CCCCCCCC/C=C\CCCCCCCCOCCCN(CCCOCCCCCCCC/C=C\CCCCCCCC)C(=O)C[C@@H](NC(=O)OCC1c2ccccc2-c2ccccc21)C(=O)NCCNC(=O)c1ccc(OC)cc1. The van der Waals surface area contributed by atoms with Crippen molar-refractivity contribution in [2.45, 2.75) is 225 Å². The predicted octanol–water partition coefficient (Wildman–Crippen LogP) is 16.6. The third-order valence-electron chi connectivity index (χ3n) is 15.8.